The summed E-state index contributed by atoms with van der Waals surface area (Å²) in [6, 6.07) is 12.1. The third-order valence-corrected chi connectivity index (χ3v) is 3.40. The van der Waals surface area contributed by atoms with Crippen LogP contribution in [0.25, 0.3) is 21.8 Å². The maximum Gasteiger partial charge on any atom is 0.134 e. The van der Waals surface area contributed by atoms with Gasteiger partial charge in [0, 0.05) is 22.4 Å². The van der Waals surface area contributed by atoms with Gasteiger partial charge in [0.25, 0.3) is 0 Å². The molecule has 19 heavy (non-hydrogen) atoms. The van der Waals surface area contributed by atoms with Crippen LogP contribution >= 0.6 is 0 Å². The lowest BCUT2D eigenvalue weighted by molar-refractivity contribution is 0.392. The molecule has 0 aliphatic rings. The number of para-hydroxylation sites is 1. The van der Waals surface area contributed by atoms with Crippen molar-refractivity contribution < 1.29 is 9.47 Å². The second kappa shape index (κ2) is 4.43. The van der Waals surface area contributed by atoms with Gasteiger partial charge in [0.05, 0.1) is 25.3 Å². The normalized spacial score (nSPS) is 10.9. The molecular formula is C16H15NO2. The zero-order chi connectivity index (χ0) is 13.4. The van der Waals surface area contributed by atoms with Crippen molar-refractivity contribution in [2.45, 2.75) is 6.92 Å². The fraction of sp³-hybridized carbons (Fsp3) is 0.188. The van der Waals surface area contributed by atoms with Crippen LogP contribution < -0.4 is 9.47 Å². The standard InChI is InChI=1S/C16H15NO2/c1-10-15(18-2)9-14-12(16(10)19-3)8-11-6-4-5-7-13(11)17-14/h4-9H,1-3H3. The largest absolute Gasteiger partial charge is 0.496 e. The molecular weight excluding hydrogens is 238 g/mol. The summed E-state index contributed by atoms with van der Waals surface area (Å²) in [6.07, 6.45) is 0. The van der Waals surface area contributed by atoms with Crippen LogP contribution in [-0.4, -0.2) is 19.2 Å². The Morgan fingerprint density at radius 3 is 2.47 bits per heavy atom. The predicted octanol–water partition coefficient (Wildman–Crippen LogP) is 3.71. The molecule has 1 heterocycles. The molecule has 0 aliphatic carbocycles. The molecule has 0 aliphatic heterocycles. The van der Waals surface area contributed by atoms with Crippen LogP contribution in [0.1, 0.15) is 5.56 Å². The summed E-state index contributed by atoms with van der Waals surface area (Å²) in [6.45, 7) is 1.99. The second-order valence-electron chi connectivity index (χ2n) is 4.48. The number of hydrogen-bond acceptors (Lipinski definition) is 3. The molecule has 0 N–H and O–H groups in total. The van der Waals surface area contributed by atoms with Gasteiger partial charge in [0.2, 0.25) is 0 Å². The lowest BCUT2D eigenvalue weighted by Gasteiger charge is -2.13. The molecule has 0 amide bonds. The average Bonchev–Trinajstić information content (AvgIpc) is 2.45. The van der Waals surface area contributed by atoms with E-state index in [0.29, 0.717) is 0 Å². The van der Waals surface area contributed by atoms with E-state index in [9.17, 15) is 0 Å². The molecule has 0 bridgehead atoms. The third kappa shape index (κ3) is 1.78. The topological polar surface area (TPSA) is 31.4 Å². The Labute approximate surface area is 111 Å². The average molecular weight is 253 g/mol. The van der Waals surface area contributed by atoms with Gasteiger partial charge in [-0.05, 0) is 19.1 Å². The van der Waals surface area contributed by atoms with Crippen LogP contribution in [0.15, 0.2) is 36.4 Å². The maximum absolute atomic E-state index is 5.53. The van der Waals surface area contributed by atoms with Crippen LogP contribution in [0.4, 0.5) is 0 Å². The molecule has 96 valence electrons. The summed E-state index contributed by atoms with van der Waals surface area (Å²) in [5.41, 5.74) is 2.86. The highest BCUT2D eigenvalue weighted by Crippen LogP contribution is 2.36. The molecule has 3 heteroatoms. The van der Waals surface area contributed by atoms with Crippen molar-refractivity contribution in [3.8, 4) is 11.5 Å². The summed E-state index contributed by atoms with van der Waals surface area (Å²) < 4.78 is 10.9. The number of benzene rings is 2. The zero-order valence-corrected chi connectivity index (χ0v) is 11.2. The molecule has 0 spiro atoms. The van der Waals surface area contributed by atoms with Crippen molar-refractivity contribution in [3.05, 3.63) is 42.0 Å². The summed E-state index contributed by atoms with van der Waals surface area (Å²) in [5, 5.41) is 2.12. The fourth-order valence-electron chi connectivity index (χ4n) is 2.44. The van der Waals surface area contributed by atoms with E-state index in [1.807, 2.05) is 31.2 Å². The van der Waals surface area contributed by atoms with Crippen LogP contribution in [0, 0.1) is 6.92 Å². The van der Waals surface area contributed by atoms with Crippen molar-refractivity contribution in [1.82, 2.24) is 4.98 Å². The van der Waals surface area contributed by atoms with Gasteiger partial charge in [-0.1, -0.05) is 18.2 Å². The number of nitrogens with zero attached hydrogens (tertiary/aromatic N) is 1. The first-order valence-electron chi connectivity index (χ1n) is 6.15. The number of ether oxygens (including phenoxy) is 2. The molecule has 0 saturated carbocycles. The van der Waals surface area contributed by atoms with Gasteiger partial charge < -0.3 is 9.47 Å². The van der Waals surface area contributed by atoms with Gasteiger partial charge in [-0.3, -0.25) is 0 Å². The number of methoxy groups -OCH3 is 2. The van der Waals surface area contributed by atoms with Crippen LogP contribution in [0.5, 0.6) is 11.5 Å². The van der Waals surface area contributed by atoms with Crippen molar-refractivity contribution in [1.29, 1.82) is 0 Å². The monoisotopic (exact) mass is 253 g/mol. The van der Waals surface area contributed by atoms with Crippen molar-refractivity contribution in [3.63, 3.8) is 0 Å². The smallest absolute Gasteiger partial charge is 0.134 e. The van der Waals surface area contributed by atoms with E-state index in [1.165, 1.54) is 0 Å². The van der Waals surface area contributed by atoms with E-state index < -0.39 is 0 Å². The molecule has 3 aromatic rings. The van der Waals surface area contributed by atoms with Gasteiger partial charge in [-0.15, -0.1) is 0 Å². The Balaban J connectivity index is 2.46. The maximum atomic E-state index is 5.53. The Morgan fingerprint density at radius 2 is 1.74 bits per heavy atom. The van der Waals surface area contributed by atoms with Crippen LogP contribution in [-0.2, 0) is 0 Å². The first-order chi connectivity index (χ1) is 9.24. The SMILES string of the molecule is COc1cc2nc3ccccc3cc2c(OC)c1C. The van der Waals surface area contributed by atoms with Gasteiger partial charge in [0.15, 0.2) is 0 Å². The Hall–Kier alpha value is -2.29. The first kappa shape index (κ1) is 11.8. The first-order valence-corrected chi connectivity index (χ1v) is 6.15. The molecule has 3 rings (SSSR count). The number of aromatic nitrogens is 1. The van der Waals surface area contributed by atoms with Crippen molar-refractivity contribution >= 4 is 21.8 Å². The number of fused-ring (bicyclic) bond motifs is 2. The molecule has 0 saturated heterocycles. The fourth-order valence-corrected chi connectivity index (χ4v) is 2.44. The molecule has 0 atom stereocenters. The predicted molar refractivity (Wildman–Crippen MR) is 77.1 cm³/mol. The zero-order valence-electron chi connectivity index (χ0n) is 11.2. The number of pyridine rings is 1. The molecule has 3 nitrogen and oxygen atoms in total. The summed E-state index contributed by atoms with van der Waals surface area (Å²) in [5.74, 6) is 1.62. The summed E-state index contributed by atoms with van der Waals surface area (Å²) in [4.78, 5) is 4.68. The third-order valence-electron chi connectivity index (χ3n) is 3.40. The lowest BCUT2D eigenvalue weighted by Crippen LogP contribution is -1.95. The highest BCUT2D eigenvalue weighted by atomic mass is 16.5. The van der Waals surface area contributed by atoms with Gasteiger partial charge in [0.1, 0.15) is 11.5 Å². The summed E-state index contributed by atoms with van der Waals surface area (Å²) >= 11 is 0. The molecule has 0 radical (unpaired) electrons. The minimum atomic E-state index is 0.798. The van der Waals surface area contributed by atoms with E-state index in [1.54, 1.807) is 14.2 Å². The summed E-state index contributed by atoms with van der Waals surface area (Å²) in [7, 11) is 3.34. The van der Waals surface area contributed by atoms with E-state index in [2.05, 4.69) is 17.1 Å². The van der Waals surface area contributed by atoms with Crippen molar-refractivity contribution in [2.24, 2.45) is 0 Å². The molecule has 0 fully saturated rings. The quantitative estimate of drug-likeness (QED) is 0.652. The number of rotatable bonds is 2. The van der Waals surface area contributed by atoms with Crippen LogP contribution in [0.3, 0.4) is 0 Å². The van der Waals surface area contributed by atoms with Crippen LogP contribution in [0.2, 0.25) is 0 Å². The second-order valence-corrected chi connectivity index (χ2v) is 4.48. The number of hydrogen-bond donors (Lipinski definition) is 0. The highest BCUT2D eigenvalue weighted by molar-refractivity contribution is 5.97. The van der Waals surface area contributed by atoms with Crippen molar-refractivity contribution in [2.75, 3.05) is 14.2 Å². The minimum absolute atomic E-state index is 0.798. The lowest BCUT2D eigenvalue weighted by atomic mass is 10.1. The molecule has 0 unspecified atom stereocenters. The van der Waals surface area contributed by atoms with Gasteiger partial charge >= 0.3 is 0 Å². The molecule has 2 aromatic carbocycles. The van der Waals surface area contributed by atoms with Gasteiger partial charge in [-0.25, -0.2) is 4.98 Å². The Kier molecular flexibility index (Phi) is 2.75. The molecule has 1 aromatic heterocycles. The van der Waals surface area contributed by atoms with Gasteiger partial charge in [-0.2, -0.15) is 0 Å². The Morgan fingerprint density at radius 1 is 0.947 bits per heavy atom. The minimum Gasteiger partial charge on any atom is -0.496 e. The van der Waals surface area contributed by atoms with E-state index in [-0.39, 0.29) is 0 Å². The highest BCUT2D eigenvalue weighted by Gasteiger charge is 2.12. The Bertz CT molecular complexity index is 765. The van der Waals surface area contributed by atoms with E-state index >= 15 is 0 Å². The van der Waals surface area contributed by atoms with E-state index in [4.69, 9.17) is 9.47 Å². The van der Waals surface area contributed by atoms with E-state index in [0.717, 1.165) is 38.9 Å².